The topological polar surface area (TPSA) is 47.1 Å². The van der Waals surface area contributed by atoms with Crippen LogP contribution in [0.4, 0.5) is 0 Å². The summed E-state index contributed by atoms with van der Waals surface area (Å²) >= 11 is 3.57. The molecule has 0 saturated carbocycles. The van der Waals surface area contributed by atoms with E-state index in [2.05, 4.69) is 46.9 Å². The fraction of sp³-hybridized carbons (Fsp3) is 0.786. The molecule has 0 amide bonds. The number of nitrogens with two attached hydrogens (primary N) is 1. The lowest BCUT2D eigenvalue weighted by Gasteiger charge is -2.17. The van der Waals surface area contributed by atoms with E-state index in [1.807, 2.05) is 10.9 Å². The number of hydrogen-bond acceptors (Lipinski definition) is 3. The normalized spacial score (nSPS) is 13.2. The third kappa shape index (κ3) is 5.63. The standard InChI is InChI=1S/C14H27BrN4/c1-4-5-6-7-8-13(16)14-12(15)11-17-19(14)10-9-18(2)3/h11,13H,4-10,16H2,1-3H3. The van der Waals surface area contributed by atoms with Gasteiger partial charge in [0.05, 0.1) is 22.9 Å². The Morgan fingerprint density at radius 1 is 1.37 bits per heavy atom. The zero-order chi connectivity index (χ0) is 14.3. The molecule has 1 rings (SSSR count). The number of nitrogens with zero attached hydrogens (tertiary/aromatic N) is 3. The molecule has 110 valence electrons. The van der Waals surface area contributed by atoms with Crippen LogP contribution in [0.25, 0.3) is 0 Å². The molecule has 5 heteroatoms. The molecule has 0 spiro atoms. The Balaban J connectivity index is 2.56. The summed E-state index contributed by atoms with van der Waals surface area (Å²) in [5, 5.41) is 4.42. The zero-order valence-corrected chi connectivity index (χ0v) is 14.0. The molecule has 1 unspecified atom stereocenters. The first-order chi connectivity index (χ1) is 9.06. The van der Waals surface area contributed by atoms with Crippen molar-refractivity contribution in [2.45, 2.75) is 51.6 Å². The van der Waals surface area contributed by atoms with Crippen LogP contribution in [0.2, 0.25) is 0 Å². The molecule has 1 heterocycles. The predicted molar refractivity (Wildman–Crippen MR) is 84.2 cm³/mol. The summed E-state index contributed by atoms with van der Waals surface area (Å²) in [6.45, 7) is 4.09. The van der Waals surface area contributed by atoms with Gasteiger partial charge < -0.3 is 10.6 Å². The molecule has 0 aromatic carbocycles. The van der Waals surface area contributed by atoms with Crippen molar-refractivity contribution in [3.8, 4) is 0 Å². The van der Waals surface area contributed by atoms with Crippen molar-refractivity contribution in [2.75, 3.05) is 20.6 Å². The van der Waals surface area contributed by atoms with E-state index in [1.54, 1.807) is 0 Å². The average molecular weight is 331 g/mol. The molecule has 4 nitrogen and oxygen atoms in total. The third-order valence-electron chi connectivity index (χ3n) is 3.31. The Hall–Kier alpha value is -0.390. The summed E-state index contributed by atoms with van der Waals surface area (Å²) in [5.41, 5.74) is 7.46. The molecule has 1 aromatic heterocycles. The van der Waals surface area contributed by atoms with Gasteiger partial charge in [0, 0.05) is 12.6 Å². The van der Waals surface area contributed by atoms with Crippen molar-refractivity contribution in [1.29, 1.82) is 0 Å². The first-order valence-corrected chi connectivity index (χ1v) is 7.97. The number of rotatable bonds is 9. The lowest BCUT2D eigenvalue weighted by atomic mass is 10.1. The Kier molecular flexibility index (Phi) is 7.64. The highest BCUT2D eigenvalue weighted by molar-refractivity contribution is 9.10. The van der Waals surface area contributed by atoms with Gasteiger partial charge in [0.2, 0.25) is 0 Å². The molecule has 0 aliphatic rings. The van der Waals surface area contributed by atoms with Crippen LogP contribution in [0, 0.1) is 0 Å². The van der Waals surface area contributed by atoms with E-state index < -0.39 is 0 Å². The summed E-state index contributed by atoms with van der Waals surface area (Å²) in [5.74, 6) is 0. The van der Waals surface area contributed by atoms with E-state index in [-0.39, 0.29) is 6.04 Å². The lowest BCUT2D eigenvalue weighted by molar-refractivity contribution is 0.364. The SMILES string of the molecule is CCCCCCC(N)c1c(Br)cnn1CCN(C)C. The fourth-order valence-corrected chi connectivity index (χ4v) is 2.73. The largest absolute Gasteiger partial charge is 0.323 e. The highest BCUT2D eigenvalue weighted by Gasteiger charge is 2.16. The number of likely N-dealkylation sites (N-methyl/N-ethyl adjacent to an activating group) is 1. The van der Waals surface area contributed by atoms with Gasteiger partial charge in [0.25, 0.3) is 0 Å². The van der Waals surface area contributed by atoms with Crippen molar-refractivity contribution in [2.24, 2.45) is 5.73 Å². The van der Waals surface area contributed by atoms with Crippen LogP contribution in [-0.2, 0) is 6.54 Å². The summed E-state index contributed by atoms with van der Waals surface area (Å²) < 4.78 is 3.07. The van der Waals surface area contributed by atoms with Crippen LogP contribution in [0.1, 0.15) is 50.8 Å². The third-order valence-corrected chi connectivity index (χ3v) is 3.92. The van der Waals surface area contributed by atoms with Crippen molar-refractivity contribution >= 4 is 15.9 Å². The number of aromatic nitrogens is 2. The average Bonchev–Trinajstić information content (AvgIpc) is 2.73. The van der Waals surface area contributed by atoms with E-state index in [1.165, 1.54) is 25.7 Å². The second-order valence-corrected chi connectivity index (χ2v) is 6.21. The van der Waals surface area contributed by atoms with Crippen LogP contribution in [0.5, 0.6) is 0 Å². The van der Waals surface area contributed by atoms with Crippen LogP contribution in [0.15, 0.2) is 10.7 Å². The van der Waals surface area contributed by atoms with Crippen LogP contribution < -0.4 is 5.73 Å². The van der Waals surface area contributed by atoms with Gasteiger partial charge in [-0.1, -0.05) is 32.6 Å². The van der Waals surface area contributed by atoms with Crippen molar-refractivity contribution in [3.63, 3.8) is 0 Å². The lowest BCUT2D eigenvalue weighted by Crippen LogP contribution is -2.23. The molecular weight excluding hydrogens is 304 g/mol. The van der Waals surface area contributed by atoms with E-state index >= 15 is 0 Å². The molecule has 1 atom stereocenters. The van der Waals surface area contributed by atoms with E-state index in [4.69, 9.17) is 5.73 Å². The highest BCUT2D eigenvalue weighted by Crippen LogP contribution is 2.25. The Morgan fingerprint density at radius 2 is 2.11 bits per heavy atom. The van der Waals surface area contributed by atoms with Gasteiger partial charge in [0.1, 0.15) is 0 Å². The molecule has 19 heavy (non-hydrogen) atoms. The Morgan fingerprint density at radius 3 is 2.74 bits per heavy atom. The van der Waals surface area contributed by atoms with Gasteiger partial charge in [-0.25, -0.2) is 0 Å². The predicted octanol–water partition coefficient (Wildman–Crippen LogP) is 3.18. The molecule has 0 radical (unpaired) electrons. The molecule has 0 fully saturated rings. The van der Waals surface area contributed by atoms with E-state index in [0.29, 0.717) is 0 Å². The second kappa shape index (κ2) is 8.72. The first-order valence-electron chi connectivity index (χ1n) is 7.17. The number of hydrogen-bond donors (Lipinski definition) is 1. The smallest absolute Gasteiger partial charge is 0.0694 e. The summed E-state index contributed by atoms with van der Waals surface area (Å²) in [7, 11) is 4.14. The van der Waals surface area contributed by atoms with E-state index in [0.717, 1.165) is 29.7 Å². The number of unbranched alkanes of at least 4 members (excludes halogenated alkanes) is 3. The zero-order valence-electron chi connectivity index (χ0n) is 12.4. The van der Waals surface area contributed by atoms with Crippen LogP contribution in [0.3, 0.4) is 0 Å². The fourth-order valence-electron chi connectivity index (χ4n) is 2.14. The van der Waals surface area contributed by atoms with Gasteiger partial charge in [-0.15, -0.1) is 0 Å². The van der Waals surface area contributed by atoms with Crippen molar-refractivity contribution in [1.82, 2.24) is 14.7 Å². The second-order valence-electron chi connectivity index (χ2n) is 5.36. The summed E-state index contributed by atoms with van der Waals surface area (Å²) in [6, 6.07) is 0.0795. The van der Waals surface area contributed by atoms with Gasteiger partial charge in [-0.3, -0.25) is 4.68 Å². The molecule has 0 bridgehead atoms. The minimum absolute atomic E-state index is 0.0795. The quantitative estimate of drug-likeness (QED) is 0.707. The monoisotopic (exact) mass is 330 g/mol. The Bertz CT molecular complexity index is 362. The maximum absolute atomic E-state index is 6.33. The van der Waals surface area contributed by atoms with Crippen LogP contribution in [-0.4, -0.2) is 35.3 Å². The van der Waals surface area contributed by atoms with Gasteiger partial charge >= 0.3 is 0 Å². The Labute approximate surface area is 125 Å². The van der Waals surface area contributed by atoms with E-state index in [9.17, 15) is 0 Å². The van der Waals surface area contributed by atoms with Crippen LogP contribution >= 0.6 is 15.9 Å². The maximum Gasteiger partial charge on any atom is 0.0694 e. The van der Waals surface area contributed by atoms with Crippen molar-refractivity contribution in [3.05, 3.63) is 16.4 Å². The van der Waals surface area contributed by atoms with Crippen molar-refractivity contribution < 1.29 is 0 Å². The summed E-state index contributed by atoms with van der Waals surface area (Å²) in [4.78, 5) is 2.16. The minimum Gasteiger partial charge on any atom is -0.323 e. The molecule has 0 saturated heterocycles. The summed E-state index contributed by atoms with van der Waals surface area (Å²) in [6.07, 6.45) is 7.92. The van der Waals surface area contributed by atoms with Gasteiger partial charge in [-0.05, 0) is 36.4 Å². The van der Waals surface area contributed by atoms with Gasteiger partial charge in [-0.2, -0.15) is 5.10 Å². The highest BCUT2D eigenvalue weighted by atomic mass is 79.9. The molecule has 0 aliphatic carbocycles. The maximum atomic E-state index is 6.33. The minimum atomic E-state index is 0.0795. The molecule has 0 aliphatic heterocycles. The molecular formula is C14H27BrN4. The molecule has 2 N–H and O–H groups in total. The first kappa shape index (κ1) is 16.7. The molecule has 1 aromatic rings. The van der Waals surface area contributed by atoms with Gasteiger partial charge in [0.15, 0.2) is 0 Å². The number of halogens is 1.